The lowest BCUT2D eigenvalue weighted by molar-refractivity contribution is 0.0944. The Morgan fingerprint density at radius 3 is 2.73 bits per heavy atom. The number of nitrogens with one attached hydrogen (secondary N) is 1. The number of aromatic nitrogens is 1. The van der Waals surface area contributed by atoms with Gasteiger partial charge in [0.1, 0.15) is 10.8 Å². The second-order valence-corrected chi connectivity index (χ2v) is 9.44. The van der Waals surface area contributed by atoms with Gasteiger partial charge in [-0.2, -0.15) is 0 Å². The molecule has 3 rings (SSSR count). The fraction of sp³-hybridized carbons (Fsp3) is 0.333. The summed E-state index contributed by atoms with van der Waals surface area (Å²) in [5.41, 5.74) is 1.39. The van der Waals surface area contributed by atoms with E-state index in [9.17, 15) is 17.6 Å². The van der Waals surface area contributed by atoms with Gasteiger partial charge < -0.3 is 5.32 Å². The van der Waals surface area contributed by atoms with E-state index >= 15 is 0 Å². The Hall–Kier alpha value is -1.93. The first-order chi connectivity index (χ1) is 12.4. The van der Waals surface area contributed by atoms with E-state index in [0.29, 0.717) is 29.3 Å². The topological polar surface area (TPSA) is 76.1 Å². The lowest BCUT2D eigenvalue weighted by atomic mass is 10.1. The van der Waals surface area contributed by atoms with Gasteiger partial charge in [-0.05, 0) is 42.2 Å². The monoisotopic (exact) mass is 394 g/mol. The standard InChI is InChI=1S/C18H19FN2O3S2/c19-15-5-3-13(4-6-15)11-25-18-16(2-1-8-20-18)17(22)21-10-14-7-9-26(23,24)12-14/h1-6,8,14H,7,9-12H2,(H,21,22). The van der Waals surface area contributed by atoms with Crippen molar-refractivity contribution in [2.75, 3.05) is 18.1 Å². The maximum atomic E-state index is 13.0. The van der Waals surface area contributed by atoms with Crippen LogP contribution < -0.4 is 5.32 Å². The normalized spacial score (nSPS) is 18.6. The lowest BCUT2D eigenvalue weighted by Gasteiger charge is -2.12. The van der Waals surface area contributed by atoms with Crippen molar-refractivity contribution in [3.05, 3.63) is 59.5 Å². The molecule has 2 aromatic rings. The molecular weight excluding hydrogens is 375 g/mol. The molecule has 0 aliphatic carbocycles. The van der Waals surface area contributed by atoms with Gasteiger partial charge in [0.05, 0.1) is 17.1 Å². The number of nitrogens with zero attached hydrogens (tertiary/aromatic N) is 1. The van der Waals surface area contributed by atoms with Crippen LogP contribution in [0.25, 0.3) is 0 Å². The number of carbonyl (C=O) groups is 1. The Morgan fingerprint density at radius 1 is 1.27 bits per heavy atom. The fourth-order valence-electron chi connectivity index (χ4n) is 2.78. The first kappa shape index (κ1) is 18.8. The average molecular weight is 394 g/mol. The zero-order valence-corrected chi connectivity index (χ0v) is 15.7. The molecule has 1 unspecified atom stereocenters. The zero-order valence-electron chi connectivity index (χ0n) is 14.0. The summed E-state index contributed by atoms with van der Waals surface area (Å²) in [6.45, 7) is 0.342. The number of benzene rings is 1. The number of amides is 1. The van der Waals surface area contributed by atoms with Crippen LogP contribution in [0.1, 0.15) is 22.3 Å². The molecule has 1 aliphatic heterocycles. The molecule has 1 saturated heterocycles. The minimum Gasteiger partial charge on any atom is -0.352 e. The first-order valence-electron chi connectivity index (χ1n) is 8.24. The molecule has 5 nitrogen and oxygen atoms in total. The maximum Gasteiger partial charge on any atom is 0.254 e. The third-order valence-corrected chi connectivity index (χ3v) is 7.10. The van der Waals surface area contributed by atoms with Crippen molar-refractivity contribution in [3.8, 4) is 0 Å². The Balaban J connectivity index is 1.60. The number of pyridine rings is 1. The van der Waals surface area contributed by atoms with Crippen molar-refractivity contribution < 1.29 is 17.6 Å². The summed E-state index contributed by atoms with van der Waals surface area (Å²) in [6, 6.07) is 9.59. The Kier molecular flexibility index (Phi) is 5.93. The van der Waals surface area contributed by atoms with E-state index in [0.717, 1.165) is 5.56 Å². The Morgan fingerprint density at radius 2 is 2.04 bits per heavy atom. The lowest BCUT2D eigenvalue weighted by Crippen LogP contribution is -2.30. The zero-order chi connectivity index (χ0) is 18.6. The summed E-state index contributed by atoms with van der Waals surface area (Å²) < 4.78 is 36.0. The van der Waals surface area contributed by atoms with Gasteiger partial charge in [-0.15, -0.1) is 11.8 Å². The summed E-state index contributed by atoms with van der Waals surface area (Å²) >= 11 is 1.40. The van der Waals surface area contributed by atoms with Gasteiger partial charge in [-0.3, -0.25) is 4.79 Å². The number of carbonyl (C=O) groups excluding carboxylic acids is 1. The predicted molar refractivity (Wildman–Crippen MR) is 99.3 cm³/mol. The highest BCUT2D eigenvalue weighted by Crippen LogP contribution is 2.24. The van der Waals surface area contributed by atoms with Crippen molar-refractivity contribution >= 4 is 27.5 Å². The van der Waals surface area contributed by atoms with E-state index in [1.165, 1.54) is 23.9 Å². The maximum absolute atomic E-state index is 13.0. The molecule has 0 bridgehead atoms. The molecule has 1 fully saturated rings. The van der Waals surface area contributed by atoms with Crippen molar-refractivity contribution in [2.45, 2.75) is 17.2 Å². The van der Waals surface area contributed by atoms with E-state index in [2.05, 4.69) is 10.3 Å². The second kappa shape index (κ2) is 8.18. The summed E-state index contributed by atoms with van der Waals surface area (Å²) in [5, 5.41) is 3.41. The van der Waals surface area contributed by atoms with E-state index in [1.54, 1.807) is 30.5 Å². The smallest absolute Gasteiger partial charge is 0.254 e. The molecule has 1 amide bonds. The molecule has 0 radical (unpaired) electrons. The molecule has 1 N–H and O–H groups in total. The summed E-state index contributed by atoms with van der Waals surface area (Å²) in [4.78, 5) is 16.7. The molecule has 8 heteroatoms. The summed E-state index contributed by atoms with van der Waals surface area (Å²) in [7, 11) is -2.95. The largest absolute Gasteiger partial charge is 0.352 e. The SMILES string of the molecule is O=C(NCC1CCS(=O)(=O)C1)c1cccnc1SCc1ccc(F)cc1. The van der Waals surface area contributed by atoms with E-state index in [1.807, 2.05) is 0 Å². The van der Waals surface area contributed by atoms with Crippen molar-refractivity contribution in [2.24, 2.45) is 5.92 Å². The van der Waals surface area contributed by atoms with E-state index in [4.69, 9.17) is 0 Å². The molecule has 138 valence electrons. The van der Waals surface area contributed by atoms with Crippen molar-refractivity contribution in [3.63, 3.8) is 0 Å². The molecule has 0 saturated carbocycles. The van der Waals surface area contributed by atoms with Crippen LogP contribution in [0.5, 0.6) is 0 Å². The third-order valence-electron chi connectivity index (χ3n) is 4.18. The number of halogens is 1. The second-order valence-electron chi connectivity index (χ2n) is 6.25. The Labute approximate surface area is 156 Å². The minimum absolute atomic E-state index is 0.0315. The molecule has 1 atom stereocenters. The van der Waals surface area contributed by atoms with Gasteiger partial charge in [0.2, 0.25) is 0 Å². The molecule has 1 aliphatic rings. The molecule has 26 heavy (non-hydrogen) atoms. The van der Waals surface area contributed by atoms with E-state index in [-0.39, 0.29) is 29.1 Å². The average Bonchev–Trinajstić information content (AvgIpc) is 2.98. The molecule has 1 aromatic carbocycles. The number of sulfone groups is 1. The molecule has 2 heterocycles. The van der Waals surface area contributed by atoms with Crippen molar-refractivity contribution in [1.82, 2.24) is 10.3 Å². The molecule has 0 spiro atoms. The summed E-state index contributed by atoms with van der Waals surface area (Å²) in [6.07, 6.45) is 2.20. The third kappa shape index (κ3) is 5.04. The highest BCUT2D eigenvalue weighted by Gasteiger charge is 2.28. The molecular formula is C18H19FN2O3S2. The van der Waals surface area contributed by atoms with E-state index < -0.39 is 9.84 Å². The van der Waals surface area contributed by atoms with Crippen LogP contribution in [-0.2, 0) is 15.6 Å². The van der Waals surface area contributed by atoms with Crippen LogP contribution >= 0.6 is 11.8 Å². The van der Waals surface area contributed by atoms with Gasteiger partial charge in [0, 0.05) is 18.5 Å². The highest BCUT2D eigenvalue weighted by molar-refractivity contribution is 7.98. The fourth-order valence-corrected chi connectivity index (χ4v) is 5.59. The van der Waals surface area contributed by atoms with Crippen LogP contribution in [0.3, 0.4) is 0 Å². The summed E-state index contributed by atoms with van der Waals surface area (Å²) in [5.74, 6) is 0.315. The number of hydrogen-bond donors (Lipinski definition) is 1. The minimum atomic E-state index is -2.95. The van der Waals surface area contributed by atoms with Crippen LogP contribution in [-0.4, -0.2) is 37.4 Å². The van der Waals surface area contributed by atoms with Crippen LogP contribution in [0.2, 0.25) is 0 Å². The first-order valence-corrected chi connectivity index (χ1v) is 11.0. The van der Waals surface area contributed by atoms with Crippen LogP contribution in [0.4, 0.5) is 4.39 Å². The van der Waals surface area contributed by atoms with Crippen molar-refractivity contribution in [1.29, 1.82) is 0 Å². The molecule has 1 aromatic heterocycles. The number of thioether (sulfide) groups is 1. The van der Waals surface area contributed by atoms with Gasteiger partial charge in [0.25, 0.3) is 5.91 Å². The van der Waals surface area contributed by atoms with Crippen LogP contribution in [0.15, 0.2) is 47.6 Å². The van der Waals surface area contributed by atoms with Gasteiger partial charge in [-0.25, -0.2) is 17.8 Å². The van der Waals surface area contributed by atoms with Gasteiger partial charge >= 0.3 is 0 Å². The van der Waals surface area contributed by atoms with Crippen LogP contribution in [0, 0.1) is 11.7 Å². The highest BCUT2D eigenvalue weighted by atomic mass is 32.2. The van der Waals surface area contributed by atoms with Gasteiger partial charge in [-0.1, -0.05) is 12.1 Å². The number of rotatable bonds is 6. The van der Waals surface area contributed by atoms with Gasteiger partial charge in [0.15, 0.2) is 9.84 Å². The quantitative estimate of drug-likeness (QED) is 0.763. The predicted octanol–water partition coefficient (Wildman–Crippen LogP) is 2.68. The number of hydrogen-bond acceptors (Lipinski definition) is 5. The Bertz CT molecular complexity index is 886.